The molecule has 1 aromatic carbocycles. The summed E-state index contributed by atoms with van der Waals surface area (Å²) in [6.07, 6.45) is 6.50. The van der Waals surface area contributed by atoms with Gasteiger partial charge in [0.2, 0.25) is 0 Å². The molecule has 0 saturated carbocycles. The molecule has 2 aliphatic heterocycles. The summed E-state index contributed by atoms with van der Waals surface area (Å²) >= 11 is 0. The molecule has 2 saturated heterocycles. The summed E-state index contributed by atoms with van der Waals surface area (Å²) in [6, 6.07) is 7.46. The maximum Gasteiger partial charge on any atom is 0.123 e. The Labute approximate surface area is 205 Å². The molecule has 34 heavy (non-hydrogen) atoms. The summed E-state index contributed by atoms with van der Waals surface area (Å²) in [5.41, 5.74) is 6.19. The van der Waals surface area contributed by atoms with Crippen molar-refractivity contribution in [1.82, 2.24) is 14.8 Å². The van der Waals surface area contributed by atoms with Crippen molar-refractivity contribution < 1.29 is 9.50 Å². The quantitative estimate of drug-likeness (QED) is 0.536. The number of halogens is 1. The van der Waals surface area contributed by atoms with Crippen LogP contribution in [0.3, 0.4) is 0 Å². The van der Waals surface area contributed by atoms with E-state index in [9.17, 15) is 9.50 Å². The predicted molar refractivity (Wildman–Crippen MR) is 137 cm³/mol. The van der Waals surface area contributed by atoms with Crippen molar-refractivity contribution in [3.05, 3.63) is 52.6 Å². The molecule has 0 amide bonds. The third kappa shape index (κ3) is 5.53. The Morgan fingerprint density at radius 1 is 0.882 bits per heavy atom. The molecule has 1 aromatic heterocycles. The highest BCUT2D eigenvalue weighted by molar-refractivity contribution is 5.73. The molecule has 0 bridgehead atoms. The van der Waals surface area contributed by atoms with Gasteiger partial charge in [0.15, 0.2) is 0 Å². The Balaban J connectivity index is 1.68. The van der Waals surface area contributed by atoms with Crippen molar-refractivity contribution in [2.75, 3.05) is 26.2 Å². The zero-order valence-corrected chi connectivity index (χ0v) is 21.5. The fourth-order valence-electron chi connectivity index (χ4n) is 5.89. The van der Waals surface area contributed by atoms with Crippen molar-refractivity contribution in [2.45, 2.75) is 90.8 Å². The van der Waals surface area contributed by atoms with Gasteiger partial charge < -0.3 is 10.0 Å². The van der Waals surface area contributed by atoms with Gasteiger partial charge in [0, 0.05) is 29.5 Å². The van der Waals surface area contributed by atoms with E-state index in [0.29, 0.717) is 6.04 Å². The number of nitrogens with zero attached hydrogens (tertiary/aromatic N) is 3. The van der Waals surface area contributed by atoms with E-state index in [1.807, 2.05) is 12.1 Å². The number of benzene rings is 1. The van der Waals surface area contributed by atoms with Gasteiger partial charge in [-0.25, -0.2) is 4.39 Å². The molecular weight excluding hydrogens is 425 g/mol. The predicted octanol–water partition coefficient (Wildman–Crippen LogP) is 6.08. The van der Waals surface area contributed by atoms with E-state index in [0.717, 1.165) is 47.7 Å². The Hall–Kier alpha value is -1.82. The van der Waals surface area contributed by atoms with Crippen molar-refractivity contribution in [1.29, 1.82) is 0 Å². The molecule has 186 valence electrons. The van der Waals surface area contributed by atoms with E-state index >= 15 is 0 Å². The summed E-state index contributed by atoms with van der Waals surface area (Å²) in [5, 5.41) is 10.5. The Morgan fingerprint density at radius 3 is 2.03 bits per heavy atom. The topological polar surface area (TPSA) is 39.6 Å². The van der Waals surface area contributed by atoms with Gasteiger partial charge in [-0.05, 0) is 92.5 Å². The fraction of sp³-hybridized carbons (Fsp3) is 0.621. The van der Waals surface area contributed by atoms with Crippen LogP contribution in [0.2, 0.25) is 0 Å². The Kier molecular flexibility index (Phi) is 8.39. The SMILES string of the molecule is CC(C)c1nc(C(C)C)c(CN2CCC(N3CCCCC3)CC2)c(-c2ccc(F)cc2)c1CO. The van der Waals surface area contributed by atoms with E-state index in [-0.39, 0.29) is 24.3 Å². The lowest BCUT2D eigenvalue weighted by atomic mass is 9.86. The van der Waals surface area contributed by atoms with Crippen molar-refractivity contribution in [3.63, 3.8) is 0 Å². The van der Waals surface area contributed by atoms with Crippen molar-refractivity contribution in [2.24, 2.45) is 0 Å². The molecule has 0 aliphatic carbocycles. The highest BCUT2D eigenvalue weighted by Gasteiger charge is 2.28. The van der Waals surface area contributed by atoms with Crippen LogP contribution in [-0.2, 0) is 13.2 Å². The second-order valence-corrected chi connectivity index (χ2v) is 10.8. The molecule has 2 aromatic rings. The van der Waals surface area contributed by atoms with Crippen molar-refractivity contribution >= 4 is 0 Å². The third-order valence-electron chi connectivity index (χ3n) is 7.69. The summed E-state index contributed by atoms with van der Waals surface area (Å²) in [4.78, 5) is 10.4. The first-order chi connectivity index (χ1) is 16.4. The number of pyridine rings is 1. The Bertz CT molecular complexity index is 943. The minimum Gasteiger partial charge on any atom is -0.392 e. The molecular formula is C29H42FN3O. The van der Waals surface area contributed by atoms with Crippen LogP contribution < -0.4 is 0 Å². The van der Waals surface area contributed by atoms with Gasteiger partial charge in [0.1, 0.15) is 5.82 Å². The molecule has 0 radical (unpaired) electrons. The minimum absolute atomic E-state index is 0.0599. The summed E-state index contributed by atoms with van der Waals surface area (Å²) in [7, 11) is 0. The number of hydrogen-bond donors (Lipinski definition) is 1. The monoisotopic (exact) mass is 467 g/mol. The highest BCUT2D eigenvalue weighted by Crippen LogP contribution is 2.38. The summed E-state index contributed by atoms with van der Waals surface area (Å²) < 4.78 is 13.8. The summed E-state index contributed by atoms with van der Waals surface area (Å²) in [6.45, 7) is 14.1. The van der Waals surface area contributed by atoms with Gasteiger partial charge in [-0.1, -0.05) is 46.2 Å². The number of rotatable bonds is 7. The number of aromatic nitrogens is 1. The average Bonchev–Trinajstić information content (AvgIpc) is 2.85. The molecule has 4 rings (SSSR count). The molecule has 0 spiro atoms. The second kappa shape index (κ2) is 11.3. The lowest BCUT2D eigenvalue weighted by Gasteiger charge is -2.40. The lowest BCUT2D eigenvalue weighted by Crippen LogP contribution is -2.46. The standard InChI is InChI=1S/C29H42FN3O/c1-20(2)28-25(18-32-16-12-24(13-17-32)33-14-6-5-7-15-33)27(22-8-10-23(30)11-9-22)26(19-34)29(31-28)21(3)4/h8-11,20-21,24,34H,5-7,12-19H2,1-4H3. The van der Waals surface area contributed by atoms with Gasteiger partial charge in [-0.3, -0.25) is 9.88 Å². The minimum atomic E-state index is -0.238. The van der Waals surface area contributed by atoms with Crippen LogP contribution in [0, 0.1) is 5.82 Å². The molecule has 2 aliphatic rings. The van der Waals surface area contributed by atoms with Crippen LogP contribution >= 0.6 is 0 Å². The van der Waals surface area contributed by atoms with E-state index in [4.69, 9.17) is 4.98 Å². The molecule has 5 heteroatoms. The smallest absolute Gasteiger partial charge is 0.123 e. The Morgan fingerprint density at radius 2 is 1.47 bits per heavy atom. The molecule has 3 heterocycles. The van der Waals surface area contributed by atoms with Gasteiger partial charge in [0.25, 0.3) is 0 Å². The van der Waals surface area contributed by atoms with E-state index in [1.54, 1.807) is 0 Å². The highest BCUT2D eigenvalue weighted by atomic mass is 19.1. The van der Waals surface area contributed by atoms with Gasteiger partial charge >= 0.3 is 0 Å². The summed E-state index contributed by atoms with van der Waals surface area (Å²) in [5.74, 6) is 0.233. The number of likely N-dealkylation sites (tertiary alicyclic amines) is 2. The maximum absolute atomic E-state index is 13.8. The number of aliphatic hydroxyl groups excluding tert-OH is 1. The van der Waals surface area contributed by atoms with Gasteiger partial charge in [-0.15, -0.1) is 0 Å². The van der Waals surface area contributed by atoms with E-state index in [1.165, 1.54) is 62.9 Å². The number of hydrogen-bond acceptors (Lipinski definition) is 4. The first kappa shape index (κ1) is 25.3. The molecule has 4 nitrogen and oxygen atoms in total. The van der Waals surface area contributed by atoms with Crippen LogP contribution in [0.5, 0.6) is 0 Å². The normalized spacial score (nSPS) is 18.8. The van der Waals surface area contributed by atoms with E-state index in [2.05, 4.69) is 37.5 Å². The zero-order chi connectivity index (χ0) is 24.2. The maximum atomic E-state index is 13.8. The van der Waals surface area contributed by atoms with Gasteiger partial charge in [0.05, 0.1) is 6.61 Å². The number of piperidine rings is 2. The van der Waals surface area contributed by atoms with E-state index < -0.39 is 0 Å². The number of aliphatic hydroxyl groups is 1. The van der Waals surface area contributed by atoms with Crippen LogP contribution in [0.15, 0.2) is 24.3 Å². The van der Waals surface area contributed by atoms with Crippen LogP contribution in [-0.4, -0.2) is 52.1 Å². The van der Waals surface area contributed by atoms with Crippen LogP contribution in [0.25, 0.3) is 11.1 Å². The van der Waals surface area contributed by atoms with Crippen LogP contribution in [0.1, 0.15) is 94.1 Å². The van der Waals surface area contributed by atoms with Gasteiger partial charge in [-0.2, -0.15) is 0 Å². The average molecular weight is 468 g/mol. The molecule has 0 unspecified atom stereocenters. The fourth-order valence-corrected chi connectivity index (χ4v) is 5.89. The molecule has 2 fully saturated rings. The molecule has 0 atom stereocenters. The van der Waals surface area contributed by atoms with Crippen LogP contribution in [0.4, 0.5) is 4.39 Å². The largest absolute Gasteiger partial charge is 0.392 e. The third-order valence-corrected chi connectivity index (χ3v) is 7.69. The zero-order valence-electron chi connectivity index (χ0n) is 21.5. The first-order valence-corrected chi connectivity index (χ1v) is 13.3. The second-order valence-electron chi connectivity index (χ2n) is 10.8. The molecule has 1 N–H and O–H groups in total. The van der Waals surface area contributed by atoms with Crippen molar-refractivity contribution in [3.8, 4) is 11.1 Å². The lowest BCUT2D eigenvalue weighted by molar-refractivity contribution is 0.0895. The first-order valence-electron chi connectivity index (χ1n) is 13.3.